The van der Waals surface area contributed by atoms with Gasteiger partial charge in [0.05, 0.1) is 20.2 Å². The van der Waals surface area contributed by atoms with E-state index in [1.165, 1.54) is 0 Å². The number of ether oxygens (including phenoxy) is 1. The largest absolute Gasteiger partial charge is 0.497 e. The zero-order valence-corrected chi connectivity index (χ0v) is 13.2. The summed E-state index contributed by atoms with van der Waals surface area (Å²) in [6.45, 7) is 2.14. The summed E-state index contributed by atoms with van der Waals surface area (Å²) in [7, 11) is 3.38. The fourth-order valence-electron chi connectivity index (χ4n) is 2.47. The Kier molecular flexibility index (Phi) is 5.77. The number of amides is 2. The maximum absolute atomic E-state index is 12.0. The van der Waals surface area contributed by atoms with Crippen molar-refractivity contribution in [3.8, 4) is 5.75 Å². The summed E-state index contributed by atoms with van der Waals surface area (Å²) in [6, 6.07) is 7.14. The van der Waals surface area contributed by atoms with Gasteiger partial charge < -0.3 is 15.0 Å². The fraction of sp³-hybridized carbons (Fsp3) is 0.500. The molecule has 0 atom stereocenters. The highest BCUT2D eigenvalue weighted by molar-refractivity contribution is 5.92. The lowest BCUT2D eigenvalue weighted by Gasteiger charge is -2.20. The van der Waals surface area contributed by atoms with Crippen LogP contribution in [0.5, 0.6) is 5.75 Å². The Labute approximate surface area is 131 Å². The summed E-state index contributed by atoms with van der Waals surface area (Å²) in [5.74, 6) is 0.700. The smallest absolute Gasteiger partial charge is 0.238 e. The number of anilines is 1. The number of carbonyl (C=O) groups is 2. The number of likely N-dealkylation sites (N-methyl/N-ethyl adjacent to an activating group) is 1. The van der Waals surface area contributed by atoms with Crippen molar-refractivity contribution in [1.29, 1.82) is 0 Å². The van der Waals surface area contributed by atoms with Gasteiger partial charge in [0.25, 0.3) is 0 Å². The van der Waals surface area contributed by atoms with E-state index < -0.39 is 0 Å². The summed E-state index contributed by atoms with van der Waals surface area (Å²) >= 11 is 0. The molecular weight excluding hydrogens is 282 g/mol. The van der Waals surface area contributed by atoms with Gasteiger partial charge in [0.2, 0.25) is 11.8 Å². The van der Waals surface area contributed by atoms with Crippen LogP contribution in [0.4, 0.5) is 5.69 Å². The third-order valence-electron chi connectivity index (χ3n) is 3.65. The number of methoxy groups -OCH3 is 1. The lowest BCUT2D eigenvalue weighted by Crippen LogP contribution is -2.40. The molecule has 0 bridgehead atoms. The van der Waals surface area contributed by atoms with Gasteiger partial charge in [0.15, 0.2) is 0 Å². The van der Waals surface area contributed by atoms with Crippen LogP contribution in [0.2, 0.25) is 0 Å². The van der Waals surface area contributed by atoms with Crippen LogP contribution in [-0.4, -0.2) is 62.0 Å². The third kappa shape index (κ3) is 4.73. The number of nitrogens with one attached hydrogen (secondary N) is 1. The molecule has 22 heavy (non-hydrogen) atoms. The zero-order chi connectivity index (χ0) is 15.9. The number of rotatable bonds is 6. The van der Waals surface area contributed by atoms with Crippen LogP contribution in [0.15, 0.2) is 24.3 Å². The Bertz CT molecular complexity index is 510. The number of carbonyl (C=O) groups excluding carboxylic acids is 2. The first-order valence-corrected chi connectivity index (χ1v) is 7.48. The first-order chi connectivity index (χ1) is 10.6. The monoisotopic (exact) mass is 305 g/mol. The van der Waals surface area contributed by atoms with Crippen molar-refractivity contribution in [1.82, 2.24) is 9.80 Å². The van der Waals surface area contributed by atoms with Crippen molar-refractivity contribution in [2.75, 3.05) is 45.7 Å². The minimum absolute atomic E-state index is 0.0947. The van der Waals surface area contributed by atoms with Crippen molar-refractivity contribution >= 4 is 17.5 Å². The van der Waals surface area contributed by atoms with Crippen LogP contribution in [0.25, 0.3) is 0 Å². The Morgan fingerprint density at radius 2 is 1.82 bits per heavy atom. The molecule has 0 unspecified atom stereocenters. The molecule has 0 radical (unpaired) electrons. The number of likely N-dealkylation sites (tertiary alicyclic amines) is 1. The average molecular weight is 305 g/mol. The fourth-order valence-corrected chi connectivity index (χ4v) is 2.47. The van der Waals surface area contributed by atoms with E-state index in [-0.39, 0.29) is 24.9 Å². The SMILES string of the molecule is COc1ccc(NC(=O)CN(C)CC(=O)N2CCCC2)cc1. The lowest BCUT2D eigenvalue weighted by atomic mass is 10.3. The number of benzene rings is 1. The summed E-state index contributed by atoms with van der Waals surface area (Å²) < 4.78 is 5.07. The zero-order valence-electron chi connectivity index (χ0n) is 13.2. The topological polar surface area (TPSA) is 61.9 Å². The van der Waals surface area contributed by atoms with E-state index in [0.717, 1.165) is 31.7 Å². The molecule has 1 N–H and O–H groups in total. The number of hydrogen-bond donors (Lipinski definition) is 1. The van der Waals surface area contributed by atoms with Crippen molar-refractivity contribution in [3.05, 3.63) is 24.3 Å². The quantitative estimate of drug-likeness (QED) is 0.857. The molecule has 120 valence electrons. The third-order valence-corrected chi connectivity index (χ3v) is 3.65. The predicted molar refractivity (Wildman–Crippen MR) is 84.9 cm³/mol. The van der Waals surface area contributed by atoms with Crippen LogP contribution >= 0.6 is 0 Å². The second-order valence-corrected chi connectivity index (χ2v) is 5.54. The molecule has 0 spiro atoms. The van der Waals surface area contributed by atoms with Gasteiger partial charge in [-0.2, -0.15) is 0 Å². The van der Waals surface area contributed by atoms with Crippen LogP contribution in [0.3, 0.4) is 0 Å². The van der Waals surface area contributed by atoms with E-state index >= 15 is 0 Å². The summed E-state index contributed by atoms with van der Waals surface area (Å²) in [4.78, 5) is 27.6. The highest BCUT2D eigenvalue weighted by atomic mass is 16.5. The van der Waals surface area contributed by atoms with E-state index in [0.29, 0.717) is 5.69 Å². The molecule has 1 aliphatic rings. The lowest BCUT2D eigenvalue weighted by molar-refractivity contribution is -0.131. The molecule has 1 aliphatic heterocycles. The standard InChI is InChI=1S/C16H23N3O3/c1-18(12-16(21)19-9-3-4-10-19)11-15(20)17-13-5-7-14(22-2)8-6-13/h5-8H,3-4,9-12H2,1-2H3,(H,17,20). The molecule has 2 amide bonds. The minimum atomic E-state index is -0.137. The molecule has 6 heteroatoms. The van der Waals surface area contributed by atoms with Crippen LogP contribution in [-0.2, 0) is 9.59 Å². The van der Waals surface area contributed by atoms with Gasteiger partial charge in [-0.25, -0.2) is 0 Å². The second-order valence-electron chi connectivity index (χ2n) is 5.54. The predicted octanol–water partition coefficient (Wildman–Crippen LogP) is 1.19. The summed E-state index contributed by atoms with van der Waals surface area (Å²) in [6.07, 6.45) is 2.15. The van der Waals surface area contributed by atoms with Gasteiger partial charge in [-0.05, 0) is 44.2 Å². The molecule has 0 aromatic heterocycles. The van der Waals surface area contributed by atoms with Gasteiger partial charge in [-0.3, -0.25) is 14.5 Å². The normalized spacial score (nSPS) is 14.2. The van der Waals surface area contributed by atoms with E-state index in [4.69, 9.17) is 4.74 Å². The first kappa shape index (κ1) is 16.3. The van der Waals surface area contributed by atoms with E-state index in [2.05, 4.69) is 5.32 Å². The van der Waals surface area contributed by atoms with Crippen molar-refractivity contribution < 1.29 is 14.3 Å². The van der Waals surface area contributed by atoms with Gasteiger partial charge in [0.1, 0.15) is 5.75 Å². The van der Waals surface area contributed by atoms with E-state index in [1.54, 1.807) is 43.3 Å². The molecule has 0 saturated carbocycles. The second kappa shape index (κ2) is 7.79. The molecule has 1 saturated heterocycles. The minimum Gasteiger partial charge on any atom is -0.497 e. The number of nitrogens with zero attached hydrogens (tertiary/aromatic N) is 2. The van der Waals surface area contributed by atoms with Crippen molar-refractivity contribution in [2.45, 2.75) is 12.8 Å². The Morgan fingerprint density at radius 1 is 1.18 bits per heavy atom. The van der Waals surface area contributed by atoms with Gasteiger partial charge >= 0.3 is 0 Å². The number of hydrogen-bond acceptors (Lipinski definition) is 4. The summed E-state index contributed by atoms with van der Waals surface area (Å²) in [5, 5.41) is 2.81. The van der Waals surface area contributed by atoms with E-state index in [9.17, 15) is 9.59 Å². The summed E-state index contributed by atoms with van der Waals surface area (Å²) in [5.41, 5.74) is 0.713. The van der Waals surface area contributed by atoms with Gasteiger partial charge in [0, 0.05) is 18.8 Å². The average Bonchev–Trinajstić information content (AvgIpc) is 3.02. The van der Waals surface area contributed by atoms with E-state index in [1.807, 2.05) is 4.90 Å². The molecule has 0 aliphatic carbocycles. The molecule has 1 heterocycles. The van der Waals surface area contributed by atoms with Crippen molar-refractivity contribution in [2.24, 2.45) is 0 Å². The molecule has 1 aromatic rings. The van der Waals surface area contributed by atoms with Gasteiger partial charge in [-0.1, -0.05) is 0 Å². The first-order valence-electron chi connectivity index (χ1n) is 7.48. The molecule has 1 aromatic carbocycles. The van der Waals surface area contributed by atoms with Crippen LogP contribution < -0.4 is 10.1 Å². The maximum Gasteiger partial charge on any atom is 0.238 e. The van der Waals surface area contributed by atoms with Crippen molar-refractivity contribution in [3.63, 3.8) is 0 Å². The van der Waals surface area contributed by atoms with Crippen LogP contribution in [0, 0.1) is 0 Å². The molecule has 1 fully saturated rings. The Balaban J connectivity index is 1.76. The highest BCUT2D eigenvalue weighted by Gasteiger charge is 2.19. The van der Waals surface area contributed by atoms with Gasteiger partial charge in [-0.15, -0.1) is 0 Å². The highest BCUT2D eigenvalue weighted by Crippen LogP contribution is 2.14. The molecular formula is C16H23N3O3. The Hall–Kier alpha value is -2.08. The maximum atomic E-state index is 12.0. The van der Waals surface area contributed by atoms with Crippen LogP contribution in [0.1, 0.15) is 12.8 Å². The molecule has 6 nitrogen and oxygen atoms in total. The molecule has 2 rings (SSSR count). The Morgan fingerprint density at radius 3 is 2.41 bits per heavy atom.